The van der Waals surface area contributed by atoms with E-state index in [9.17, 15) is 13.2 Å². The Kier molecular flexibility index (Phi) is 6.58. The van der Waals surface area contributed by atoms with Crippen LogP contribution in [0.5, 0.6) is 0 Å². The maximum absolute atomic E-state index is 13.1. The summed E-state index contributed by atoms with van der Waals surface area (Å²) >= 11 is -0.325. The summed E-state index contributed by atoms with van der Waals surface area (Å²) in [6, 6.07) is 12.1. The Labute approximate surface area is 205 Å². The Morgan fingerprint density at radius 2 is 1.79 bits per heavy atom. The van der Waals surface area contributed by atoms with Gasteiger partial charge in [-0.1, -0.05) is 0 Å². The third-order valence-corrected chi connectivity index (χ3v) is 9.49. The number of piperazine rings is 1. The van der Waals surface area contributed by atoms with Crippen LogP contribution in [0.1, 0.15) is 23.2 Å². The second-order valence-corrected chi connectivity index (χ2v) is 12.4. The van der Waals surface area contributed by atoms with Gasteiger partial charge in [-0.3, -0.25) is 4.90 Å². The zero-order valence-corrected chi connectivity index (χ0v) is 21.3. The standard InChI is InChI=1S/C25H27IN3O3S/c30-25(29-15-13-28(14-16-29)18-19-6-7-19)21-8-10-22(11-9-21)27-33(31,32)24-5-1-3-20-4-2-12-26-17-23(20)24/h1-5,8-12,17,19,27H,6-7,13-16,18H2/q-1. The molecule has 0 atom stereocenters. The molecule has 8 heteroatoms. The van der Waals surface area contributed by atoms with Crippen molar-refractivity contribution in [3.05, 3.63) is 68.6 Å². The quantitative estimate of drug-likeness (QED) is 0.439. The normalized spacial score (nSPS) is 18.8. The Balaban J connectivity index is 1.27. The van der Waals surface area contributed by atoms with Gasteiger partial charge in [0.1, 0.15) is 0 Å². The molecule has 0 bridgehead atoms. The monoisotopic (exact) mass is 576 g/mol. The van der Waals surface area contributed by atoms with E-state index in [0.717, 1.165) is 49.1 Å². The molecule has 1 aliphatic carbocycles. The molecule has 1 saturated carbocycles. The minimum Gasteiger partial charge on any atom is -0.300 e. The minimum atomic E-state index is -3.75. The van der Waals surface area contributed by atoms with Crippen LogP contribution in [0, 0.1) is 5.92 Å². The average Bonchev–Trinajstić information content (AvgIpc) is 3.66. The first-order chi connectivity index (χ1) is 16.0. The predicted octanol–water partition coefficient (Wildman–Crippen LogP) is -1.21. The summed E-state index contributed by atoms with van der Waals surface area (Å²) in [5, 5.41) is 1.67. The Bertz CT molecular complexity index is 1290. The van der Waals surface area contributed by atoms with Crippen LogP contribution in [-0.2, 0) is 10.0 Å². The van der Waals surface area contributed by atoms with E-state index in [1.54, 1.807) is 36.4 Å². The minimum absolute atomic E-state index is 0.00502. The van der Waals surface area contributed by atoms with Crippen LogP contribution in [0.2, 0.25) is 0 Å². The second-order valence-electron chi connectivity index (χ2n) is 8.70. The maximum atomic E-state index is 13.1. The fourth-order valence-electron chi connectivity index (χ4n) is 4.21. The van der Waals surface area contributed by atoms with Crippen molar-refractivity contribution in [2.75, 3.05) is 37.4 Å². The molecule has 0 radical (unpaired) electrons. The van der Waals surface area contributed by atoms with Crippen molar-refractivity contribution in [1.29, 1.82) is 0 Å². The third kappa shape index (κ3) is 5.33. The molecule has 33 heavy (non-hydrogen) atoms. The number of nitrogens with one attached hydrogen (secondary N) is 1. The number of nitrogens with zero attached hydrogens (tertiary/aromatic N) is 2. The van der Waals surface area contributed by atoms with Gasteiger partial charge in [0.15, 0.2) is 0 Å². The Morgan fingerprint density at radius 1 is 1.03 bits per heavy atom. The number of carbonyl (C=O) groups is 1. The molecule has 2 fully saturated rings. The molecular formula is C25H27IN3O3S-. The topological polar surface area (TPSA) is 69.7 Å². The number of amides is 1. The zero-order valence-electron chi connectivity index (χ0n) is 18.3. The molecule has 2 aromatic rings. The molecule has 2 aromatic carbocycles. The molecule has 2 heterocycles. The summed E-state index contributed by atoms with van der Waals surface area (Å²) in [7, 11) is -3.75. The van der Waals surface area contributed by atoms with Crippen LogP contribution >= 0.6 is 0 Å². The molecule has 174 valence electrons. The molecule has 0 unspecified atom stereocenters. The summed E-state index contributed by atoms with van der Waals surface area (Å²) < 4.78 is 33.1. The number of anilines is 1. The fraction of sp³-hybridized carbons (Fsp3) is 0.320. The Hall–Kier alpha value is -2.17. The number of benzene rings is 2. The van der Waals surface area contributed by atoms with Crippen LogP contribution in [0.3, 0.4) is 0 Å². The van der Waals surface area contributed by atoms with E-state index in [2.05, 4.69) is 13.7 Å². The van der Waals surface area contributed by atoms with Gasteiger partial charge in [-0.15, -0.1) is 0 Å². The summed E-state index contributed by atoms with van der Waals surface area (Å²) in [5.74, 6) is 0.870. The van der Waals surface area contributed by atoms with Crippen molar-refractivity contribution < 1.29 is 34.4 Å². The van der Waals surface area contributed by atoms with Crippen molar-refractivity contribution in [3.63, 3.8) is 0 Å². The van der Waals surface area contributed by atoms with Crippen LogP contribution < -0.4 is 36.4 Å². The number of sulfonamides is 1. The molecule has 5 rings (SSSR count). The first-order valence-electron chi connectivity index (χ1n) is 11.2. The molecule has 0 aromatic heterocycles. The molecule has 2 aliphatic heterocycles. The van der Waals surface area contributed by atoms with Crippen molar-refractivity contribution in [2.45, 2.75) is 17.7 Å². The second kappa shape index (κ2) is 9.60. The van der Waals surface area contributed by atoms with Gasteiger partial charge in [-0.25, -0.2) is 0 Å². The number of allylic oxidation sites excluding steroid dienone is 1. The van der Waals surface area contributed by atoms with Gasteiger partial charge in [0, 0.05) is 19.6 Å². The average molecular weight is 576 g/mol. The molecule has 1 amide bonds. The smallest absolute Gasteiger partial charge is 0.300 e. The van der Waals surface area contributed by atoms with Gasteiger partial charge in [0.2, 0.25) is 0 Å². The summed E-state index contributed by atoms with van der Waals surface area (Å²) in [4.78, 5) is 17.5. The number of hydrogen-bond acceptors (Lipinski definition) is 4. The van der Waals surface area contributed by atoms with Crippen LogP contribution in [-0.4, -0.2) is 56.8 Å². The van der Waals surface area contributed by atoms with Crippen molar-refractivity contribution in [2.24, 2.45) is 5.92 Å². The molecule has 1 saturated heterocycles. The van der Waals surface area contributed by atoms with E-state index >= 15 is 0 Å². The van der Waals surface area contributed by atoms with Gasteiger partial charge >= 0.3 is 162 Å². The van der Waals surface area contributed by atoms with Gasteiger partial charge in [0.25, 0.3) is 0 Å². The number of carbonyl (C=O) groups excluding carboxylic acids is 1. The third-order valence-electron chi connectivity index (χ3n) is 6.24. The van der Waals surface area contributed by atoms with E-state index in [1.807, 2.05) is 27.2 Å². The zero-order chi connectivity index (χ0) is 22.8. The van der Waals surface area contributed by atoms with E-state index in [-0.39, 0.29) is 32.0 Å². The SMILES string of the molecule is O=C(c1ccc(NS(=O)(=O)c2cccc3c2=C[I-]C=CC=3)cc1)N1CCN(CC2CC2)CC1. The predicted molar refractivity (Wildman–Crippen MR) is 126 cm³/mol. The molecule has 6 nitrogen and oxygen atoms in total. The van der Waals surface area contributed by atoms with Crippen LogP contribution in [0.15, 0.2) is 57.5 Å². The van der Waals surface area contributed by atoms with Crippen molar-refractivity contribution in [3.8, 4) is 0 Å². The van der Waals surface area contributed by atoms with E-state index in [1.165, 1.54) is 12.8 Å². The first-order valence-corrected chi connectivity index (χ1v) is 15.2. The first kappa shape index (κ1) is 22.6. The Morgan fingerprint density at radius 3 is 2.52 bits per heavy atom. The molecule has 1 N–H and O–H groups in total. The van der Waals surface area contributed by atoms with Gasteiger partial charge in [0.05, 0.1) is 0 Å². The summed E-state index contributed by atoms with van der Waals surface area (Å²) in [6.45, 7) is 4.49. The molecule has 3 aliphatic rings. The molecular weight excluding hydrogens is 549 g/mol. The van der Waals surface area contributed by atoms with Crippen molar-refractivity contribution in [1.82, 2.24) is 9.80 Å². The summed E-state index contributed by atoms with van der Waals surface area (Å²) in [5.41, 5.74) is 1.03. The van der Waals surface area contributed by atoms with Crippen LogP contribution in [0.25, 0.3) is 10.2 Å². The molecule has 0 spiro atoms. The number of halogens is 1. The number of hydrogen-bond donors (Lipinski definition) is 1. The van der Waals surface area contributed by atoms with Gasteiger partial charge in [-0.05, 0) is 18.8 Å². The van der Waals surface area contributed by atoms with Gasteiger partial charge in [-0.2, -0.15) is 0 Å². The van der Waals surface area contributed by atoms with E-state index < -0.39 is 10.0 Å². The van der Waals surface area contributed by atoms with Crippen LogP contribution in [0.4, 0.5) is 5.69 Å². The van der Waals surface area contributed by atoms with Gasteiger partial charge < -0.3 is 0 Å². The van der Waals surface area contributed by atoms with Crippen molar-refractivity contribution >= 4 is 31.8 Å². The number of fused-ring (bicyclic) bond motifs is 1. The fourth-order valence-corrected chi connectivity index (χ4v) is 7.41. The number of rotatable bonds is 6. The van der Waals surface area contributed by atoms with E-state index in [4.69, 9.17) is 0 Å². The van der Waals surface area contributed by atoms with E-state index in [0.29, 0.717) is 11.3 Å². The summed E-state index contributed by atoms with van der Waals surface area (Å²) in [6.07, 6.45) is 6.63.